The zero-order valence-electron chi connectivity index (χ0n) is 21.0. The Bertz CT molecular complexity index is 1170. The van der Waals surface area contributed by atoms with Gasteiger partial charge in [0.25, 0.3) is 0 Å². The van der Waals surface area contributed by atoms with Crippen LogP contribution in [0.4, 0.5) is 26.3 Å². The number of benzene rings is 2. The number of rotatable bonds is 5. The molecule has 0 unspecified atom stereocenters. The third-order valence-corrected chi connectivity index (χ3v) is 8.79. The van der Waals surface area contributed by atoms with Crippen molar-refractivity contribution in [1.29, 1.82) is 0 Å². The molecule has 2 saturated heterocycles. The average molecular weight is 544 g/mol. The molecule has 1 N–H and O–H groups in total. The maximum Gasteiger partial charge on any atom is 0.420 e. The van der Waals surface area contributed by atoms with Crippen LogP contribution in [0.2, 0.25) is 0 Å². The summed E-state index contributed by atoms with van der Waals surface area (Å²) in [5, 5.41) is 9.87. The number of piperidine rings is 1. The van der Waals surface area contributed by atoms with E-state index in [2.05, 4.69) is 4.90 Å². The van der Waals surface area contributed by atoms with Gasteiger partial charge in [-0.05, 0) is 86.8 Å². The molecular formula is C28H31F6NO3. The molecule has 2 aromatic carbocycles. The Morgan fingerprint density at radius 2 is 1.55 bits per heavy atom. The van der Waals surface area contributed by atoms with E-state index in [4.69, 9.17) is 4.74 Å². The summed E-state index contributed by atoms with van der Waals surface area (Å²) in [5.74, 6) is -2.99. The second-order valence-electron chi connectivity index (χ2n) is 11.1. The third-order valence-electron chi connectivity index (χ3n) is 8.79. The van der Waals surface area contributed by atoms with Crippen molar-refractivity contribution in [1.82, 2.24) is 4.90 Å². The SMILES string of the molecule is C[C@@H](c1ccc2ccc(OC3CCC(C(F)(F)F)CC3)c(C(F)(F)F)c2c1)N1[C@@H]2CC[C@@H]1CC(C(=O)O)C2. The highest BCUT2D eigenvalue weighted by Crippen LogP contribution is 2.47. The summed E-state index contributed by atoms with van der Waals surface area (Å²) in [6.07, 6.45) is -7.16. The number of carboxylic acid groups (broad SMARTS) is 1. The zero-order valence-corrected chi connectivity index (χ0v) is 21.0. The molecule has 3 atom stereocenters. The van der Waals surface area contributed by atoms with E-state index in [-0.39, 0.29) is 54.9 Å². The Kier molecular flexibility index (Phi) is 7.07. The summed E-state index contributed by atoms with van der Waals surface area (Å²) < 4.78 is 88.0. The van der Waals surface area contributed by atoms with Gasteiger partial charge in [-0.2, -0.15) is 26.3 Å². The van der Waals surface area contributed by atoms with Crippen molar-refractivity contribution in [2.45, 2.75) is 94.9 Å². The first-order chi connectivity index (χ1) is 17.8. The van der Waals surface area contributed by atoms with Crippen LogP contribution in [0.25, 0.3) is 10.8 Å². The number of carboxylic acids is 1. The van der Waals surface area contributed by atoms with Crippen molar-refractivity contribution in [2.24, 2.45) is 11.8 Å². The maximum atomic E-state index is 14.4. The van der Waals surface area contributed by atoms with Gasteiger partial charge in [-0.1, -0.05) is 18.2 Å². The number of ether oxygens (including phenoxy) is 1. The highest BCUT2D eigenvalue weighted by atomic mass is 19.4. The topological polar surface area (TPSA) is 49.8 Å². The average Bonchev–Trinajstić information content (AvgIpc) is 3.10. The normalized spacial score (nSPS) is 29.4. The molecule has 1 aliphatic carbocycles. The van der Waals surface area contributed by atoms with Crippen LogP contribution in [0.1, 0.15) is 75.5 Å². The monoisotopic (exact) mass is 543 g/mol. The summed E-state index contributed by atoms with van der Waals surface area (Å²) in [4.78, 5) is 13.8. The Labute approximate surface area is 216 Å². The molecule has 2 aromatic rings. The molecule has 2 bridgehead atoms. The molecule has 10 heteroatoms. The van der Waals surface area contributed by atoms with Crippen LogP contribution in [-0.2, 0) is 11.0 Å². The first kappa shape index (κ1) is 27.1. The second kappa shape index (κ2) is 9.92. The smallest absolute Gasteiger partial charge is 0.420 e. The van der Waals surface area contributed by atoms with Crippen LogP contribution in [0.3, 0.4) is 0 Å². The summed E-state index contributed by atoms with van der Waals surface area (Å²) >= 11 is 0. The largest absolute Gasteiger partial charge is 0.490 e. The van der Waals surface area contributed by atoms with Crippen molar-refractivity contribution in [3.63, 3.8) is 0 Å². The molecule has 1 saturated carbocycles. The Balaban J connectivity index is 1.43. The Hall–Kier alpha value is -2.49. The molecule has 3 aliphatic rings. The number of alkyl halides is 6. The van der Waals surface area contributed by atoms with E-state index in [1.807, 2.05) is 13.0 Å². The van der Waals surface area contributed by atoms with Crippen LogP contribution in [0.15, 0.2) is 30.3 Å². The predicted octanol–water partition coefficient (Wildman–Crippen LogP) is 7.75. The van der Waals surface area contributed by atoms with Crippen LogP contribution in [0.5, 0.6) is 5.75 Å². The van der Waals surface area contributed by atoms with E-state index in [1.165, 1.54) is 6.07 Å². The van der Waals surface area contributed by atoms with Gasteiger partial charge in [0.05, 0.1) is 17.9 Å². The van der Waals surface area contributed by atoms with Crippen molar-refractivity contribution >= 4 is 16.7 Å². The zero-order chi connectivity index (χ0) is 27.4. The van der Waals surface area contributed by atoms with Crippen LogP contribution < -0.4 is 4.74 Å². The summed E-state index contributed by atoms with van der Waals surface area (Å²) in [7, 11) is 0. The van der Waals surface area contributed by atoms with Gasteiger partial charge in [0, 0.05) is 18.1 Å². The van der Waals surface area contributed by atoms with Gasteiger partial charge in [0.1, 0.15) is 11.3 Å². The Morgan fingerprint density at radius 3 is 2.11 bits per heavy atom. The van der Waals surface area contributed by atoms with Crippen LogP contribution in [0, 0.1) is 11.8 Å². The third kappa shape index (κ3) is 5.20. The molecule has 4 nitrogen and oxygen atoms in total. The van der Waals surface area contributed by atoms with Crippen LogP contribution >= 0.6 is 0 Å². The van der Waals surface area contributed by atoms with Crippen LogP contribution in [-0.4, -0.2) is 40.3 Å². The molecule has 2 aliphatic heterocycles. The molecule has 3 fully saturated rings. The quantitative estimate of drug-likeness (QED) is 0.392. The summed E-state index contributed by atoms with van der Waals surface area (Å²) in [5.41, 5.74) is -0.203. The van der Waals surface area contributed by atoms with E-state index in [1.54, 1.807) is 18.2 Å². The lowest BCUT2D eigenvalue weighted by molar-refractivity contribution is -0.185. The van der Waals surface area contributed by atoms with Gasteiger partial charge >= 0.3 is 18.3 Å². The Morgan fingerprint density at radius 1 is 0.947 bits per heavy atom. The van der Waals surface area contributed by atoms with Crippen molar-refractivity contribution in [3.05, 3.63) is 41.5 Å². The standard InChI is InChI=1S/C28H31F6NO3/c1-15(35-20-7-8-21(35)13-18(12-20)26(36)37)17-3-2-16-4-11-24(25(23(16)14-17)28(32,33)34)38-22-9-5-19(6-10-22)27(29,30)31/h2-4,11,14-15,18-22H,5-10,12-13H2,1H3,(H,36,37)/t15-,19?,20+,21+,22?/m0/s1. The van der Waals surface area contributed by atoms with Gasteiger partial charge in [-0.15, -0.1) is 0 Å². The van der Waals surface area contributed by atoms with E-state index >= 15 is 0 Å². The molecule has 0 aromatic heterocycles. The summed E-state index contributed by atoms with van der Waals surface area (Å²) in [6, 6.07) is 7.77. The molecule has 208 valence electrons. The van der Waals surface area contributed by atoms with Gasteiger partial charge in [0.2, 0.25) is 0 Å². The highest BCUT2D eigenvalue weighted by molar-refractivity contribution is 5.89. The van der Waals surface area contributed by atoms with Gasteiger partial charge in [-0.3, -0.25) is 9.69 Å². The fourth-order valence-electron chi connectivity index (χ4n) is 6.87. The molecule has 2 heterocycles. The molecule has 0 spiro atoms. The van der Waals surface area contributed by atoms with Gasteiger partial charge < -0.3 is 9.84 Å². The molecule has 5 rings (SSSR count). The number of hydrogen-bond acceptors (Lipinski definition) is 3. The number of hydrogen-bond donors (Lipinski definition) is 1. The van der Waals surface area contributed by atoms with E-state index < -0.39 is 41.8 Å². The minimum atomic E-state index is -4.72. The summed E-state index contributed by atoms with van der Waals surface area (Å²) in [6.45, 7) is 1.94. The lowest BCUT2D eigenvalue weighted by atomic mass is 9.87. The molecular weight excluding hydrogens is 512 g/mol. The predicted molar refractivity (Wildman–Crippen MR) is 129 cm³/mol. The minimum absolute atomic E-state index is 0.00361. The highest BCUT2D eigenvalue weighted by Gasteiger charge is 2.46. The molecule has 38 heavy (non-hydrogen) atoms. The molecule has 0 amide bonds. The lowest BCUT2D eigenvalue weighted by Gasteiger charge is -2.41. The first-order valence-electron chi connectivity index (χ1n) is 13.2. The second-order valence-corrected chi connectivity index (χ2v) is 11.1. The molecule has 0 radical (unpaired) electrons. The van der Waals surface area contributed by atoms with Gasteiger partial charge in [-0.25, -0.2) is 0 Å². The number of nitrogens with zero attached hydrogens (tertiary/aromatic N) is 1. The number of aliphatic carboxylic acids is 1. The van der Waals surface area contributed by atoms with Gasteiger partial charge in [0.15, 0.2) is 0 Å². The number of fused-ring (bicyclic) bond motifs is 3. The minimum Gasteiger partial charge on any atom is -0.490 e. The fraction of sp³-hybridized carbons (Fsp3) is 0.607. The van der Waals surface area contributed by atoms with Crippen molar-refractivity contribution in [3.8, 4) is 5.75 Å². The maximum absolute atomic E-state index is 14.4. The number of carbonyl (C=O) groups is 1. The van der Waals surface area contributed by atoms with Crippen molar-refractivity contribution in [2.75, 3.05) is 0 Å². The fourth-order valence-corrected chi connectivity index (χ4v) is 6.87. The van der Waals surface area contributed by atoms with Crippen molar-refractivity contribution < 1.29 is 41.0 Å². The lowest BCUT2D eigenvalue weighted by Crippen LogP contribution is -2.45. The van der Waals surface area contributed by atoms with E-state index in [0.717, 1.165) is 12.8 Å². The van der Waals surface area contributed by atoms with E-state index in [0.29, 0.717) is 23.8 Å². The van der Waals surface area contributed by atoms with E-state index in [9.17, 15) is 36.2 Å². The first-order valence-corrected chi connectivity index (χ1v) is 13.2. The number of halogens is 6.